The molecule has 1 fully saturated rings. The summed E-state index contributed by atoms with van der Waals surface area (Å²) in [6.07, 6.45) is 1.63. The summed E-state index contributed by atoms with van der Waals surface area (Å²) in [4.78, 5) is 35.6. The van der Waals surface area contributed by atoms with Crippen LogP contribution in [-0.2, 0) is 4.79 Å². The molecular formula is C24H17NO4S. The van der Waals surface area contributed by atoms with E-state index in [4.69, 9.17) is 4.74 Å². The molecule has 0 unspecified atom stereocenters. The van der Waals surface area contributed by atoms with Gasteiger partial charge in [-0.05, 0) is 46.7 Å². The Hall–Kier alpha value is -3.64. The van der Waals surface area contributed by atoms with Gasteiger partial charge in [0.2, 0.25) is 0 Å². The van der Waals surface area contributed by atoms with Gasteiger partial charge in [0.05, 0.1) is 4.91 Å². The Balaban J connectivity index is 1.35. The SMILES string of the molecule is O=C1NC(=O)/C(=C/c2ccc(OCC(=O)c3ccc(-c4ccccc4)cc3)cc2)S1. The lowest BCUT2D eigenvalue weighted by Gasteiger charge is -2.07. The highest BCUT2D eigenvalue weighted by Gasteiger charge is 2.24. The molecule has 0 radical (unpaired) electrons. The van der Waals surface area contributed by atoms with E-state index in [0.717, 1.165) is 28.5 Å². The second-order valence-corrected chi connectivity index (χ2v) is 7.59. The molecule has 0 saturated carbocycles. The third-order valence-corrected chi connectivity index (χ3v) is 5.31. The molecule has 0 bridgehead atoms. The largest absolute Gasteiger partial charge is 0.485 e. The first-order valence-corrected chi connectivity index (χ1v) is 10.1. The Kier molecular flexibility index (Phi) is 5.77. The monoisotopic (exact) mass is 415 g/mol. The lowest BCUT2D eigenvalue weighted by atomic mass is 10.0. The van der Waals surface area contributed by atoms with E-state index in [1.807, 2.05) is 42.5 Å². The second kappa shape index (κ2) is 8.80. The Labute approximate surface area is 177 Å². The van der Waals surface area contributed by atoms with Gasteiger partial charge < -0.3 is 4.74 Å². The molecule has 4 rings (SSSR count). The van der Waals surface area contributed by atoms with E-state index >= 15 is 0 Å². The van der Waals surface area contributed by atoms with Gasteiger partial charge in [0, 0.05) is 5.56 Å². The highest BCUT2D eigenvalue weighted by Crippen LogP contribution is 2.26. The average Bonchev–Trinajstić information content (AvgIpc) is 3.10. The van der Waals surface area contributed by atoms with Crippen LogP contribution in [0.4, 0.5) is 4.79 Å². The normalized spacial score (nSPS) is 14.6. The first-order valence-electron chi connectivity index (χ1n) is 9.25. The van der Waals surface area contributed by atoms with Crippen molar-refractivity contribution in [2.75, 3.05) is 6.61 Å². The van der Waals surface area contributed by atoms with E-state index in [1.165, 1.54) is 0 Å². The fraction of sp³-hybridized carbons (Fsp3) is 0.0417. The maximum Gasteiger partial charge on any atom is 0.290 e. The van der Waals surface area contributed by atoms with Crippen LogP contribution in [0, 0.1) is 0 Å². The second-order valence-electron chi connectivity index (χ2n) is 6.58. The van der Waals surface area contributed by atoms with Crippen LogP contribution < -0.4 is 10.1 Å². The van der Waals surface area contributed by atoms with Crippen molar-refractivity contribution in [3.05, 3.63) is 94.9 Å². The molecule has 2 amide bonds. The number of ether oxygens (including phenoxy) is 1. The fourth-order valence-electron chi connectivity index (χ4n) is 2.94. The highest BCUT2D eigenvalue weighted by molar-refractivity contribution is 8.18. The van der Waals surface area contributed by atoms with E-state index in [-0.39, 0.29) is 17.6 Å². The number of imide groups is 1. The van der Waals surface area contributed by atoms with Gasteiger partial charge in [-0.3, -0.25) is 19.7 Å². The number of rotatable bonds is 6. The number of amides is 2. The number of carbonyl (C=O) groups excluding carboxylic acids is 3. The van der Waals surface area contributed by atoms with Gasteiger partial charge in [-0.25, -0.2) is 0 Å². The maximum absolute atomic E-state index is 12.4. The molecular weight excluding hydrogens is 398 g/mol. The average molecular weight is 415 g/mol. The minimum absolute atomic E-state index is 0.0715. The van der Waals surface area contributed by atoms with Crippen molar-refractivity contribution >= 4 is 34.8 Å². The number of hydrogen-bond acceptors (Lipinski definition) is 5. The summed E-state index contributed by atoms with van der Waals surface area (Å²) in [6, 6.07) is 24.4. The van der Waals surface area contributed by atoms with Gasteiger partial charge in [-0.1, -0.05) is 66.7 Å². The van der Waals surface area contributed by atoms with Crippen LogP contribution in [0.2, 0.25) is 0 Å². The predicted octanol–water partition coefficient (Wildman–Crippen LogP) is 4.94. The molecule has 1 N–H and O–H groups in total. The highest BCUT2D eigenvalue weighted by atomic mass is 32.2. The van der Waals surface area contributed by atoms with Crippen molar-refractivity contribution in [1.29, 1.82) is 0 Å². The van der Waals surface area contributed by atoms with Crippen LogP contribution in [0.1, 0.15) is 15.9 Å². The molecule has 0 spiro atoms. The molecule has 3 aromatic carbocycles. The third-order valence-electron chi connectivity index (χ3n) is 4.50. The van der Waals surface area contributed by atoms with Crippen molar-refractivity contribution in [2.24, 2.45) is 0 Å². The Morgan fingerprint density at radius 1 is 0.867 bits per heavy atom. The van der Waals surface area contributed by atoms with Crippen LogP contribution in [0.15, 0.2) is 83.8 Å². The Bertz CT molecular complexity index is 1120. The molecule has 5 nitrogen and oxygen atoms in total. The van der Waals surface area contributed by atoms with Crippen LogP contribution in [0.5, 0.6) is 5.75 Å². The number of hydrogen-bond donors (Lipinski definition) is 1. The molecule has 3 aromatic rings. The van der Waals surface area contributed by atoms with E-state index in [2.05, 4.69) is 5.32 Å². The van der Waals surface area contributed by atoms with Crippen molar-refractivity contribution in [2.45, 2.75) is 0 Å². The van der Waals surface area contributed by atoms with E-state index < -0.39 is 5.91 Å². The zero-order valence-corrected chi connectivity index (χ0v) is 16.6. The standard InChI is InChI=1S/C24H17NO4S/c26-21(19-10-8-18(9-11-19)17-4-2-1-3-5-17)15-29-20-12-6-16(7-13-20)14-22-23(27)25-24(28)30-22/h1-14H,15H2,(H,25,27,28)/b22-14-. The van der Waals surface area contributed by atoms with Gasteiger partial charge in [0.25, 0.3) is 11.1 Å². The number of carbonyl (C=O) groups is 3. The van der Waals surface area contributed by atoms with Crippen LogP contribution >= 0.6 is 11.8 Å². The van der Waals surface area contributed by atoms with Gasteiger partial charge in [0.1, 0.15) is 5.75 Å². The topological polar surface area (TPSA) is 72.5 Å². The lowest BCUT2D eigenvalue weighted by Crippen LogP contribution is -2.17. The van der Waals surface area contributed by atoms with Gasteiger partial charge in [0.15, 0.2) is 12.4 Å². The molecule has 0 aliphatic carbocycles. The molecule has 1 heterocycles. The van der Waals surface area contributed by atoms with E-state index in [9.17, 15) is 14.4 Å². The first-order chi connectivity index (χ1) is 14.6. The van der Waals surface area contributed by atoms with Crippen LogP contribution in [0.25, 0.3) is 17.2 Å². The number of ketones is 1. The number of thioether (sulfide) groups is 1. The van der Waals surface area contributed by atoms with Gasteiger partial charge in [-0.2, -0.15) is 0 Å². The van der Waals surface area contributed by atoms with Crippen molar-refractivity contribution < 1.29 is 19.1 Å². The van der Waals surface area contributed by atoms with Crippen LogP contribution in [0.3, 0.4) is 0 Å². The van der Waals surface area contributed by atoms with E-state index in [0.29, 0.717) is 16.2 Å². The van der Waals surface area contributed by atoms with Crippen molar-refractivity contribution in [3.63, 3.8) is 0 Å². The molecule has 0 aromatic heterocycles. The molecule has 6 heteroatoms. The summed E-state index contributed by atoms with van der Waals surface area (Å²) in [7, 11) is 0. The lowest BCUT2D eigenvalue weighted by molar-refractivity contribution is -0.115. The summed E-state index contributed by atoms with van der Waals surface area (Å²) >= 11 is 0.870. The minimum Gasteiger partial charge on any atom is -0.485 e. The number of nitrogens with one attached hydrogen (secondary N) is 1. The molecule has 148 valence electrons. The summed E-state index contributed by atoms with van der Waals surface area (Å²) in [5, 5.41) is 1.84. The Morgan fingerprint density at radius 3 is 2.17 bits per heavy atom. The molecule has 0 atom stereocenters. The summed E-state index contributed by atoms with van der Waals surface area (Å²) in [5.74, 6) is 0.0403. The fourth-order valence-corrected chi connectivity index (χ4v) is 3.63. The Morgan fingerprint density at radius 2 is 1.53 bits per heavy atom. The maximum atomic E-state index is 12.4. The van der Waals surface area contributed by atoms with Crippen LogP contribution in [-0.4, -0.2) is 23.5 Å². The number of Topliss-reactive ketones (excluding diaryl/α,β-unsaturated/α-hetero) is 1. The molecule has 1 saturated heterocycles. The molecule has 1 aliphatic rings. The molecule has 30 heavy (non-hydrogen) atoms. The zero-order chi connectivity index (χ0) is 20.9. The van der Waals surface area contributed by atoms with Gasteiger partial charge >= 0.3 is 0 Å². The first kappa shape index (κ1) is 19.7. The van der Waals surface area contributed by atoms with E-state index in [1.54, 1.807) is 42.5 Å². The van der Waals surface area contributed by atoms with Gasteiger partial charge in [-0.15, -0.1) is 0 Å². The number of benzene rings is 3. The quantitative estimate of drug-likeness (QED) is 0.456. The summed E-state index contributed by atoms with van der Waals surface area (Å²) < 4.78 is 5.59. The zero-order valence-electron chi connectivity index (χ0n) is 15.8. The third kappa shape index (κ3) is 4.67. The summed E-state index contributed by atoms with van der Waals surface area (Å²) in [5.41, 5.74) is 3.50. The molecule has 1 aliphatic heterocycles. The predicted molar refractivity (Wildman–Crippen MR) is 117 cm³/mol. The minimum atomic E-state index is -0.394. The van der Waals surface area contributed by atoms with Crippen molar-refractivity contribution in [3.8, 4) is 16.9 Å². The summed E-state index contributed by atoms with van der Waals surface area (Å²) in [6.45, 7) is -0.0715. The van der Waals surface area contributed by atoms with Crippen molar-refractivity contribution in [1.82, 2.24) is 5.32 Å². The smallest absolute Gasteiger partial charge is 0.290 e.